The minimum atomic E-state index is -0.181. The molecule has 0 bridgehead atoms. The number of nitrogens with zero attached hydrogens (tertiary/aromatic N) is 1. The van der Waals surface area contributed by atoms with Gasteiger partial charge in [-0.25, -0.2) is 0 Å². The number of hydrogen-bond donors (Lipinski definition) is 2. The molecule has 1 aliphatic carbocycles. The zero-order chi connectivity index (χ0) is 12.3. The van der Waals surface area contributed by atoms with Crippen LogP contribution in [-0.4, -0.2) is 48.2 Å². The van der Waals surface area contributed by atoms with E-state index >= 15 is 0 Å². The number of piperidine rings is 1. The van der Waals surface area contributed by atoms with Gasteiger partial charge in [0.2, 0.25) is 5.91 Å². The van der Waals surface area contributed by atoms with Crippen molar-refractivity contribution in [3.8, 4) is 0 Å². The number of aliphatic hydroxyl groups is 1. The molecule has 2 fully saturated rings. The maximum atomic E-state index is 12.1. The fourth-order valence-corrected chi connectivity index (χ4v) is 2.94. The lowest BCUT2D eigenvalue weighted by molar-refractivity contribution is -0.127. The monoisotopic (exact) mass is 240 g/mol. The number of amides is 1. The summed E-state index contributed by atoms with van der Waals surface area (Å²) in [5, 5.41) is 12.6. The van der Waals surface area contributed by atoms with E-state index in [1.165, 1.54) is 6.42 Å². The molecule has 1 heterocycles. The molecule has 0 aromatic rings. The van der Waals surface area contributed by atoms with E-state index in [-0.39, 0.29) is 17.9 Å². The van der Waals surface area contributed by atoms with Gasteiger partial charge in [-0.1, -0.05) is 0 Å². The van der Waals surface area contributed by atoms with Gasteiger partial charge >= 0.3 is 0 Å². The SMILES string of the molecule is CN1CCCC(NC(=O)C2CCC(O)CC2)C1. The molecule has 0 spiro atoms. The first-order valence-electron chi connectivity index (χ1n) is 6.82. The van der Waals surface area contributed by atoms with Crippen molar-refractivity contribution in [1.29, 1.82) is 0 Å². The van der Waals surface area contributed by atoms with E-state index in [9.17, 15) is 9.90 Å². The molecule has 0 aromatic heterocycles. The molecular formula is C13H24N2O2. The van der Waals surface area contributed by atoms with Crippen LogP contribution in [-0.2, 0) is 4.79 Å². The van der Waals surface area contributed by atoms with Crippen LogP contribution in [0.2, 0.25) is 0 Å². The van der Waals surface area contributed by atoms with Crippen molar-refractivity contribution >= 4 is 5.91 Å². The highest BCUT2D eigenvalue weighted by molar-refractivity contribution is 5.79. The van der Waals surface area contributed by atoms with Crippen LogP contribution < -0.4 is 5.32 Å². The van der Waals surface area contributed by atoms with Crippen molar-refractivity contribution in [1.82, 2.24) is 10.2 Å². The van der Waals surface area contributed by atoms with Gasteiger partial charge in [0.1, 0.15) is 0 Å². The number of nitrogens with one attached hydrogen (secondary N) is 1. The standard InChI is InChI=1S/C13H24N2O2/c1-15-8-2-3-11(9-15)14-13(17)10-4-6-12(16)7-5-10/h10-12,16H,2-9H2,1H3,(H,14,17). The van der Waals surface area contributed by atoms with Crippen LogP contribution in [0.1, 0.15) is 38.5 Å². The molecule has 0 aromatic carbocycles. The van der Waals surface area contributed by atoms with E-state index < -0.39 is 0 Å². The van der Waals surface area contributed by atoms with Crippen LogP contribution in [0, 0.1) is 5.92 Å². The highest BCUT2D eigenvalue weighted by Crippen LogP contribution is 2.24. The van der Waals surface area contributed by atoms with E-state index in [2.05, 4.69) is 17.3 Å². The normalized spacial score (nSPS) is 35.5. The molecule has 2 N–H and O–H groups in total. The quantitative estimate of drug-likeness (QED) is 0.749. The Morgan fingerprint density at radius 3 is 2.59 bits per heavy atom. The van der Waals surface area contributed by atoms with Crippen LogP contribution in [0.3, 0.4) is 0 Å². The van der Waals surface area contributed by atoms with Crippen LogP contribution in [0.15, 0.2) is 0 Å². The molecule has 1 amide bonds. The Hall–Kier alpha value is -0.610. The maximum Gasteiger partial charge on any atom is 0.223 e. The summed E-state index contributed by atoms with van der Waals surface area (Å²) in [6.07, 6.45) is 5.34. The Morgan fingerprint density at radius 1 is 1.24 bits per heavy atom. The number of hydrogen-bond acceptors (Lipinski definition) is 3. The lowest BCUT2D eigenvalue weighted by atomic mass is 9.86. The molecule has 2 rings (SSSR count). The Morgan fingerprint density at radius 2 is 1.94 bits per heavy atom. The van der Waals surface area contributed by atoms with E-state index in [0.717, 1.165) is 45.2 Å². The van der Waals surface area contributed by atoms with Crippen molar-refractivity contribution in [2.75, 3.05) is 20.1 Å². The first-order chi connectivity index (χ1) is 8.15. The minimum Gasteiger partial charge on any atom is -0.393 e. The third-order valence-corrected chi connectivity index (χ3v) is 4.04. The number of likely N-dealkylation sites (N-methyl/N-ethyl adjacent to an activating group) is 1. The number of likely N-dealkylation sites (tertiary alicyclic amines) is 1. The van der Waals surface area contributed by atoms with Gasteiger partial charge in [-0.3, -0.25) is 4.79 Å². The minimum absolute atomic E-state index is 0.130. The highest BCUT2D eigenvalue weighted by atomic mass is 16.3. The molecule has 1 aliphatic heterocycles. The van der Waals surface area contributed by atoms with Crippen molar-refractivity contribution in [2.24, 2.45) is 5.92 Å². The Labute approximate surface area is 103 Å². The molecule has 4 nitrogen and oxygen atoms in total. The van der Waals surface area contributed by atoms with Crippen LogP contribution in [0.4, 0.5) is 0 Å². The summed E-state index contributed by atoms with van der Waals surface area (Å²) >= 11 is 0. The van der Waals surface area contributed by atoms with Gasteiger partial charge in [-0.05, 0) is 52.1 Å². The Kier molecular flexibility index (Phi) is 4.40. The average Bonchev–Trinajstić information content (AvgIpc) is 2.29. The molecule has 0 radical (unpaired) electrons. The van der Waals surface area contributed by atoms with Gasteiger partial charge in [0, 0.05) is 18.5 Å². The molecule has 1 saturated carbocycles. The third kappa shape index (κ3) is 3.68. The van der Waals surface area contributed by atoms with Gasteiger partial charge in [0.25, 0.3) is 0 Å². The highest BCUT2D eigenvalue weighted by Gasteiger charge is 2.27. The largest absolute Gasteiger partial charge is 0.393 e. The van der Waals surface area contributed by atoms with Gasteiger partial charge < -0.3 is 15.3 Å². The second-order valence-electron chi connectivity index (χ2n) is 5.62. The molecule has 17 heavy (non-hydrogen) atoms. The molecule has 1 unspecified atom stereocenters. The van der Waals surface area contributed by atoms with E-state index in [1.807, 2.05) is 0 Å². The zero-order valence-electron chi connectivity index (χ0n) is 10.7. The summed E-state index contributed by atoms with van der Waals surface area (Å²) in [4.78, 5) is 14.3. The third-order valence-electron chi connectivity index (χ3n) is 4.04. The second-order valence-corrected chi connectivity index (χ2v) is 5.62. The number of carbonyl (C=O) groups is 1. The van der Waals surface area contributed by atoms with Crippen molar-refractivity contribution < 1.29 is 9.90 Å². The molecular weight excluding hydrogens is 216 g/mol. The van der Waals surface area contributed by atoms with Gasteiger partial charge in [-0.2, -0.15) is 0 Å². The fourth-order valence-electron chi connectivity index (χ4n) is 2.94. The summed E-state index contributed by atoms with van der Waals surface area (Å²) < 4.78 is 0. The van der Waals surface area contributed by atoms with Crippen molar-refractivity contribution in [3.63, 3.8) is 0 Å². The number of aliphatic hydroxyl groups excluding tert-OH is 1. The summed E-state index contributed by atoms with van der Waals surface area (Å²) in [5.74, 6) is 0.336. The summed E-state index contributed by atoms with van der Waals surface area (Å²) in [6, 6.07) is 0.327. The van der Waals surface area contributed by atoms with Gasteiger partial charge in [0.05, 0.1) is 6.10 Å². The first kappa shape index (κ1) is 12.8. The van der Waals surface area contributed by atoms with Crippen LogP contribution in [0.25, 0.3) is 0 Å². The topological polar surface area (TPSA) is 52.6 Å². The van der Waals surface area contributed by atoms with Gasteiger partial charge in [-0.15, -0.1) is 0 Å². The van der Waals surface area contributed by atoms with Crippen LogP contribution >= 0.6 is 0 Å². The summed E-state index contributed by atoms with van der Waals surface area (Å²) in [6.45, 7) is 2.11. The molecule has 1 atom stereocenters. The Bertz CT molecular complexity index is 262. The lowest BCUT2D eigenvalue weighted by Gasteiger charge is -2.32. The summed E-state index contributed by atoms with van der Waals surface area (Å²) in [7, 11) is 2.11. The molecule has 2 aliphatic rings. The zero-order valence-corrected chi connectivity index (χ0v) is 10.7. The predicted molar refractivity (Wildman–Crippen MR) is 66.6 cm³/mol. The molecule has 4 heteroatoms. The summed E-state index contributed by atoms with van der Waals surface area (Å²) in [5.41, 5.74) is 0. The van der Waals surface area contributed by atoms with E-state index in [0.29, 0.717) is 6.04 Å². The molecule has 1 saturated heterocycles. The van der Waals surface area contributed by atoms with Crippen molar-refractivity contribution in [3.05, 3.63) is 0 Å². The number of carbonyl (C=O) groups excluding carboxylic acids is 1. The van der Waals surface area contributed by atoms with E-state index in [4.69, 9.17) is 0 Å². The number of rotatable bonds is 2. The maximum absolute atomic E-state index is 12.1. The van der Waals surface area contributed by atoms with Crippen molar-refractivity contribution in [2.45, 2.75) is 50.7 Å². The van der Waals surface area contributed by atoms with Crippen LogP contribution in [0.5, 0.6) is 0 Å². The second kappa shape index (κ2) is 5.83. The smallest absolute Gasteiger partial charge is 0.223 e. The predicted octanol–water partition coefficient (Wildman–Crippen LogP) is 0.748. The first-order valence-corrected chi connectivity index (χ1v) is 6.82. The average molecular weight is 240 g/mol. The van der Waals surface area contributed by atoms with Gasteiger partial charge in [0.15, 0.2) is 0 Å². The van der Waals surface area contributed by atoms with E-state index in [1.54, 1.807) is 0 Å². The lowest BCUT2D eigenvalue weighted by Crippen LogP contribution is -2.48. The fraction of sp³-hybridized carbons (Fsp3) is 0.923. The Balaban J connectivity index is 1.76. The molecule has 98 valence electrons.